The number of hydrogen-bond acceptors (Lipinski definition) is 0. The summed E-state index contributed by atoms with van der Waals surface area (Å²) in [5.41, 5.74) is 1.44. The van der Waals surface area contributed by atoms with Gasteiger partial charge in [0, 0.05) is 0 Å². The normalized spacial score (nSPS) is 26.6. The summed E-state index contributed by atoms with van der Waals surface area (Å²) in [6.07, 6.45) is 10.3. The molecule has 1 fully saturated rings. The summed E-state index contributed by atoms with van der Waals surface area (Å²) in [4.78, 5) is 0. The van der Waals surface area contributed by atoms with Gasteiger partial charge in [-0.1, -0.05) is 43.7 Å². The standard InChI is InChI=1S/C15H28S/c1-13-6-8-15(9-7-13)12-14(2)10-11-16(3,4)5/h13,15H,2-4,6-12H2,1,5H3. The van der Waals surface area contributed by atoms with Gasteiger partial charge < -0.3 is 0 Å². The third-order valence-electron chi connectivity index (χ3n) is 3.66. The van der Waals surface area contributed by atoms with Crippen molar-refractivity contribution in [2.24, 2.45) is 11.8 Å². The number of hydrogen-bond donors (Lipinski definition) is 0. The van der Waals surface area contributed by atoms with Gasteiger partial charge in [0.15, 0.2) is 0 Å². The highest BCUT2D eigenvalue weighted by Gasteiger charge is 2.18. The third-order valence-corrected chi connectivity index (χ3v) is 4.85. The molecule has 0 aromatic heterocycles. The van der Waals surface area contributed by atoms with Crippen LogP contribution in [-0.4, -0.2) is 23.7 Å². The van der Waals surface area contributed by atoms with Gasteiger partial charge in [-0.3, -0.25) is 0 Å². The average Bonchev–Trinajstić information content (AvgIpc) is 2.18. The van der Waals surface area contributed by atoms with Crippen LogP contribution in [0.15, 0.2) is 12.2 Å². The summed E-state index contributed by atoms with van der Waals surface area (Å²) in [6.45, 7) is 6.61. The van der Waals surface area contributed by atoms with Crippen molar-refractivity contribution >= 4 is 20.9 Å². The number of rotatable bonds is 5. The van der Waals surface area contributed by atoms with E-state index in [-0.39, 0.29) is 0 Å². The van der Waals surface area contributed by atoms with E-state index >= 15 is 0 Å². The maximum Gasteiger partial charge on any atom is -0.0135 e. The van der Waals surface area contributed by atoms with E-state index in [4.69, 9.17) is 0 Å². The van der Waals surface area contributed by atoms with Crippen LogP contribution in [0.1, 0.15) is 45.4 Å². The van der Waals surface area contributed by atoms with Crippen LogP contribution in [0.25, 0.3) is 0 Å². The van der Waals surface area contributed by atoms with Crippen LogP contribution >= 0.6 is 9.21 Å². The van der Waals surface area contributed by atoms with Gasteiger partial charge in [0.25, 0.3) is 0 Å². The first-order chi connectivity index (χ1) is 7.37. The molecule has 1 heteroatoms. The molecule has 0 amide bonds. The van der Waals surface area contributed by atoms with Crippen LogP contribution in [0.3, 0.4) is 0 Å². The first kappa shape index (κ1) is 13.9. The van der Waals surface area contributed by atoms with Crippen LogP contribution in [0.5, 0.6) is 0 Å². The van der Waals surface area contributed by atoms with Gasteiger partial charge >= 0.3 is 0 Å². The van der Waals surface area contributed by atoms with Gasteiger partial charge in [-0.15, -0.1) is 0 Å². The third kappa shape index (κ3) is 5.79. The fourth-order valence-electron chi connectivity index (χ4n) is 2.43. The van der Waals surface area contributed by atoms with Crippen LogP contribution in [-0.2, 0) is 0 Å². The molecule has 1 aliphatic rings. The molecule has 0 unspecified atom stereocenters. The first-order valence-corrected chi connectivity index (χ1v) is 9.00. The fourth-order valence-corrected chi connectivity index (χ4v) is 3.22. The first-order valence-electron chi connectivity index (χ1n) is 6.45. The van der Waals surface area contributed by atoms with Gasteiger partial charge in [-0.2, -0.15) is 0 Å². The van der Waals surface area contributed by atoms with Crippen molar-refractivity contribution in [1.82, 2.24) is 0 Å². The molecule has 0 heterocycles. The summed E-state index contributed by atoms with van der Waals surface area (Å²) in [5.74, 6) is 11.3. The smallest absolute Gasteiger partial charge is 0.0135 e. The Morgan fingerprint density at radius 1 is 1.19 bits per heavy atom. The van der Waals surface area contributed by atoms with Crippen molar-refractivity contribution in [2.45, 2.75) is 45.4 Å². The lowest BCUT2D eigenvalue weighted by atomic mass is 9.80. The molecular weight excluding hydrogens is 212 g/mol. The largest absolute Gasteiger partial charge is 0.217 e. The molecule has 1 saturated carbocycles. The Morgan fingerprint density at radius 2 is 1.75 bits per heavy atom. The molecule has 0 aromatic carbocycles. The molecule has 0 N–H and O–H groups in total. The minimum absolute atomic E-state index is 0.830. The lowest BCUT2D eigenvalue weighted by molar-refractivity contribution is 0.288. The van der Waals surface area contributed by atoms with Crippen molar-refractivity contribution in [1.29, 1.82) is 0 Å². The lowest BCUT2D eigenvalue weighted by Crippen LogP contribution is -2.12. The zero-order valence-corrected chi connectivity index (χ0v) is 12.0. The summed E-state index contributed by atoms with van der Waals surface area (Å²) in [5, 5.41) is 0. The maximum atomic E-state index is 4.23. The molecule has 16 heavy (non-hydrogen) atoms. The minimum Gasteiger partial charge on any atom is -0.217 e. The Hall–Kier alpha value is -0.170. The highest BCUT2D eigenvalue weighted by Crippen LogP contribution is 2.33. The second-order valence-electron chi connectivity index (χ2n) is 6.01. The van der Waals surface area contributed by atoms with E-state index in [1.807, 2.05) is 0 Å². The topological polar surface area (TPSA) is 0 Å². The molecule has 1 rings (SSSR count). The Balaban J connectivity index is 2.24. The molecule has 0 bridgehead atoms. The van der Waals surface area contributed by atoms with Crippen molar-refractivity contribution in [3.8, 4) is 0 Å². The van der Waals surface area contributed by atoms with Gasteiger partial charge in [0.1, 0.15) is 0 Å². The molecule has 0 nitrogen and oxygen atoms in total. The molecule has 0 radical (unpaired) electrons. The lowest BCUT2D eigenvalue weighted by Gasteiger charge is -2.26. The molecule has 0 aliphatic heterocycles. The van der Waals surface area contributed by atoms with E-state index in [1.165, 1.54) is 37.7 Å². The van der Waals surface area contributed by atoms with Crippen molar-refractivity contribution in [3.05, 3.63) is 12.2 Å². The zero-order chi connectivity index (χ0) is 12.2. The zero-order valence-electron chi connectivity index (χ0n) is 11.1. The highest BCUT2D eigenvalue weighted by atomic mass is 32.2. The van der Waals surface area contributed by atoms with E-state index in [2.05, 4.69) is 31.5 Å². The Bertz CT molecular complexity index is 313. The molecule has 0 saturated heterocycles. The van der Waals surface area contributed by atoms with E-state index < -0.39 is 9.21 Å². The SMILES string of the molecule is C=C(CCS(=C)(=C)C)CC1CCC(C)CC1. The van der Waals surface area contributed by atoms with Crippen molar-refractivity contribution < 1.29 is 0 Å². The van der Waals surface area contributed by atoms with Crippen LogP contribution in [0.4, 0.5) is 0 Å². The van der Waals surface area contributed by atoms with Crippen LogP contribution < -0.4 is 0 Å². The van der Waals surface area contributed by atoms with Crippen LogP contribution in [0, 0.1) is 11.8 Å². The predicted octanol–water partition coefficient (Wildman–Crippen LogP) is 4.45. The Kier molecular flexibility index (Phi) is 5.17. The van der Waals surface area contributed by atoms with Gasteiger partial charge in [0.05, 0.1) is 0 Å². The Morgan fingerprint density at radius 3 is 2.25 bits per heavy atom. The van der Waals surface area contributed by atoms with Gasteiger partial charge in [-0.25, -0.2) is 9.21 Å². The number of allylic oxidation sites excluding steroid dienone is 1. The minimum atomic E-state index is -0.830. The van der Waals surface area contributed by atoms with Crippen molar-refractivity contribution in [3.63, 3.8) is 0 Å². The molecular formula is C15H28S. The van der Waals surface area contributed by atoms with Crippen molar-refractivity contribution in [2.75, 3.05) is 12.0 Å². The Labute approximate surface area is 103 Å². The molecule has 0 spiro atoms. The van der Waals surface area contributed by atoms with E-state index in [0.717, 1.165) is 24.0 Å². The van der Waals surface area contributed by atoms with E-state index in [1.54, 1.807) is 0 Å². The second-order valence-corrected chi connectivity index (χ2v) is 9.38. The van der Waals surface area contributed by atoms with Crippen LogP contribution in [0.2, 0.25) is 0 Å². The average molecular weight is 240 g/mol. The summed E-state index contributed by atoms with van der Waals surface area (Å²) in [7, 11) is -0.830. The molecule has 0 atom stereocenters. The molecule has 94 valence electrons. The highest BCUT2D eigenvalue weighted by molar-refractivity contribution is 8.27. The summed E-state index contributed by atoms with van der Waals surface area (Å²) < 4.78 is 0. The van der Waals surface area contributed by atoms with E-state index in [9.17, 15) is 0 Å². The fraction of sp³-hybridized carbons (Fsp3) is 0.733. The van der Waals surface area contributed by atoms with Gasteiger partial charge in [-0.05, 0) is 49.5 Å². The molecule has 0 aromatic rings. The monoisotopic (exact) mass is 240 g/mol. The summed E-state index contributed by atoms with van der Waals surface area (Å²) >= 11 is 0. The second kappa shape index (κ2) is 5.95. The van der Waals surface area contributed by atoms with E-state index in [0.29, 0.717) is 0 Å². The maximum absolute atomic E-state index is 4.23. The summed E-state index contributed by atoms with van der Waals surface area (Å²) in [6, 6.07) is 0. The quantitative estimate of drug-likeness (QED) is 0.492. The molecule has 1 aliphatic carbocycles. The van der Waals surface area contributed by atoms with Gasteiger partial charge in [0.2, 0.25) is 0 Å². The predicted molar refractivity (Wildman–Crippen MR) is 82.1 cm³/mol.